The summed E-state index contributed by atoms with van der Waals surface area (Å²) in [6.07, 6.45) is 1.31. The third-order valence-electron chi connectivity index (χ3n) is 3.34. The molecule has 24 heavy (non-hydrogen) atoms. The van der Waals surface area contributed by atoms with Crippen LogP contribution in [0.25, 0.3) is 0 Å². The fraction of sp³-hybridized carbons (Fsp3) is 0.250. The van der Waals surface area contributed by atoms with Crippen molar-refractivity contribution in [3.05, 3.63) is 56.2 Å². The normalized spacial score (nSPS) is 10.5. The van der Waals surface area contributed by atoms with E-state index in [0.29, 0.717) is 4.47 Å². The molecule has 0 amide bonds. The minimum Gasteiger partial charge on any atom is -0.460 e. The lowest BCUT2D eigenvalue weighted by Gasteiger charge is -2.16. The van der Waals surface area contributed by atoms with Crippen molar-refractivity contribution >= 4 is 33.3 Å². The molecule has 0 aliphatic carbocycles. The van der Waals surface area contributed by atoms with Crippen molar-refractivity contribution in [3.63, 3.8) is 0 Å². The molecule has 0 spiro atoms. The van der Waals surface area contributed by atoms with Crippen LogP contribution in [0, 0.1) is 12.7 Å². The van der Waals surface area contributed by atoms with Crippen LogP contribution in [0.2, 0.25) is 0 Å². The number of ether oxygens (including phenoxy) is 1. The third kappa shape index (κ3) is 3.82. The van der Waals surface area contributed by atoms with Crippen LogP contribution >= 0.6 is 15.9 Å². The molecule has 128 valence electrons. The number of aliphatic hydroxyl groups is 1. The van der Waals surface area contributed by atoms with Gasteiger partial charge in [0.2, 0.25) is 0 Å². The first-order valence-electron chi connectivity index (χ1n) is 7.05. The molecule has 8 heteroatoms. The zero-order valence-corrected chi connectivity index (χ0v) is 14.7. The smallest absolute Gasteiger partial charge is 0.341 e. The number of nitrogens with zero attached hydrogens (tertiary/aromatic N) is 1. The van der Waals surface area contributed by atoms with Crippen LogP contribution in [0.3, 0.4) is 0 Å². The van der Waals surface area contributed by atoms with Crippen LogP contribution in [0.5, 0.6) is 0 Å². The number of pyridine rings is 1. The number of hydrogen-bond donors (Lipinski definition) is 2. The Morgan fingerprint density at radius 1 is 1.46 bits per heavy atom. The number of aryl methyl sites for hydroxylation is 1. The number of benzene rings is 1. The van der Waals surface area contributed by atoms with Gasteiger partial charge < -0.3 is 19.7 Å². The Labute approximate surface area is 146 Å². The second kappa shape index (κ2) is 7.59. The van der Waals surface area contributed by atoms with E-state index < -0.39 is 11.8 Å². The Hall–Kier alpha value is -2.19. The molecule has 1 aromatic heterocycles. The van der Waals surface area contributed by atoms with Crippen molar-refractivity contribution in [2.45, 2.75) is 6.92 Å². The Balaban J connectivity index is 2.52. The van der Waals surface area contributed by atoms with E-state index in [1.807, 2.05) is 0 Å². The van der Waals surface area contributed by atoms with Crippen molar-refractivity contribution in [2.75, 3.05) is 18.5 Å². The zero-order chi connectivity index (χ0) is 17.9. The lowest BCUT2D eigenvalue weighted by molar-refractivity contribution is 0.0434. The highest BCUT2D eigenvalue weighted by Gasteiger charge is 2.19. The second-order valence-electron chi connectivity index (χ2n) is 5.07. The van der Waals surface area contributed by atoms with Gasteiger partial charge in [-0.1, -0.05) is 15.9 Å². The molecule has 0 saturated carbocycles. The molecule has 6 nitrogen and oxygen atoms in total. The summed E-state index contributed by atoms with van der Waals surface area (Å²) in [4.78, 5) is 24.3. The molecule has 0 bridgehead atoms. The summed E-state index contributed by atoms with van der Waals surface area (Å²) in [5, 5.41) is 11.6. The van der Waals surface area contributed by atoms with E-state index in [1.165, 1.54) is 36.9 Å². The highest BCUT2D eigenvalue weighted by molar-refractivity contribution is 9.10. The monoisotopic (exact) mass is 398 g/mol. The van der Waals surface area contributed by atoms with Crippen molar-refractivity contribution in [1.29, 1.82) is 0 Å². The lowest BCUT2D eigenvalue weighted by atomic mass is 10.1. The number of carbonyl (C=O) groups is 1. The standard InChI is InChI=1S/C16H16BrFN2O4/c1-9-14(19-13-4-3-10(17)7-12(13)18)11(8-20(2)15(9)22)16(23)24-6-5-21/h3-4,7-8,19,21H,5-6H2,1-2H3. The maximum atomic E-state index is 14.1. The number of aliphatic hydroxyl groups excluding tert-OH is 1. The fourth-order valence-corrected chi connectivity index (χ4v) is 2.48. The lowest BCUT2D eigenvalue weighted by Crippen LogP contribution is -2.24. The molecule has 1 heterocycles. The molecular weight excluding hydrogens is 383 g/mol. The molecule has 2 N–H and O–H groups in total. The summed E-state index contributed by atoms with van der Waals surface area (Å²) in [5.74, 6) is -1.26. The average molecular weight is 399 g/mol. The van der Waals surface area contributed by atoms with Gasteiger partial charge in [0.1, 0.15) is 12.4 Å². The molecule has 0 saturated heterocycles. The first-order chi connectivity index (χ1) is 11.3. The number of halogens is 2. The predicted molar refractivity (Wildman–Crippen MR) is 91.2 cm³/mol. The van der Waals surface area contributed by atoms with E-state index in [9.17, 15) is 14.0 Å². The SMILES string of the molecule is Cc1c(Nc2ccc(Br)cc2F)c(C(=O)OCCO)cn(C)c1=O. The molecule has 0 atom stereocenters. The van der Waals surface area contributed by atoms with Gasteiger partial charge in [-0.2, -0.15) is 0 Å². The molecule has 2 aromatic rings. The Morgan fingerprint density at radius 2 is 2.17 bits per heavy atom. The Kier molecular flexibility index (Phi) is 5.74. The van der Waals surface area contributed by atoms with Crippen LogP contribution in [0.15, 0.2) is 33.7 Å². The molecule has 0 unspecified atom stereocenters. The molecule has 1 aromatic carbocycles. The maximum Gasteiger partial charge on any atom is 0.341 e. The highest BCUT2D eigenvalue weighted by Crippen LogP contribution is 2.27. The maximum absolute atomic E-state index is 14.1. The van der Waals surface area contributed by atoms with E-state index in [2.05, 4.69) is 21.2 Å². The zero-order valence-electron chi connectivity index (χ0n) is 13.1. The largest absolute Gasteiger partial charge is 0.460 e. The van der Waals surface area contributed by atoms with E-state index in [-0.39, 0.29) is 41.3 Å². The van der Waals surface area contributed by atoms with Crippen LogP contribution in [0.1, 0.15) is 15.9 Å². The number of aromatic nitrogens is 1. The first kappa shape index (κ1) is 18.2. The van der Waals surface area contributed by atoms with Gasteiger partial charge in [-0.15, -0.1) is 0 Å². The Morgan fingerprint density at radius 3 is 2.79 bits per heavy atom. The van der Waals surface area contributed by atoms with E-state index >= 15 is 0 Å². The summed E-state index contributed by atoms with van der Waals surface area (Å²) in [6, 6.07) is 4.38. The van der Waals surface area contributed by atoms with Crippen LogP contribution in [0.4, 0.5) is 15.8 Å². The number of hydrogen-bond acceptors (Lipinski definition) is 5. The van der Waals surface area contributed by atoms with Crippen LogP contribution in [-0.4, -0.2) is 28.9 Å². The quantitative estimate of drug-likeness (QED) is 0.756. The summed E-state index contributed by atoms with van der Waals surface area (Å²) >= 11 is 3.16. The fourth-order valence-electron chi connectivity index (χ4n) is 2.15. The molecule has 0 fully saturated rings. The number of esters is 1. The van der Waals surface area contributed by atoms with Gasteiger partial charge in [-0.25, -0.2) is 9.18 Å². The summed E-state index contributed by atoms with van der Waals surface area (Å²) in [7, 11) is 1.50. The summed E-state index contributed by atoms with van der Waals surface area (Å²) < 4.78 is 20.8. The molecule has 2 rings (SSSR count). The van der Waals surface area contributed by atoms with E-state index in [1.54, 1.807) is 6.07 Å². The number of anilines is 2. The van der Waals surface area contributed by atoms with Crippen molar-refractivity contribution < 1.29 is 19.0 Å². The van der Waals surface area contributed by atoms with Gasteiger partial charge in [0.25, 0.3) is 5.56 Å². The Bertz CT molecular complexity index is 836. The molecule has 0 radical (unpaired) electrons. The van der Waals surface area contributed by atoms with E-state index in [4.69, 9.17) is 9.84 Å². The van der Waals surface area contributed by atoms with Gasteiger partial charge in [-0.3, -0.25) is 4.79 Å². The second-order valence-corrected chi connectivity index (χ2v) is 5.98. The average Bonchev–Trinajstić information content (AvgIpc) is 2.54. The topological polar surface area (TPSA) is 80.6 Å². The highest BCUT2D eigenvalue weighted by atomic mass is 79.9. The van der Waals surface area contributed by atoms with Gasteiger partial charge >= 0.3 is 5.97 Å². The summed E-state index contributed by atoms with van der Waals surface area (Å²) in [6.45, 7) is 1.04. The van der Waals surface area contributed by atoms with Gasteiger partial charge in [0.05, 0.1) is 23.5 Å². The first-order valence-corrected chi connectivity index (χ1v) is 7.84. The number of nitrogens with one attached hydrogen (secondary N) is 1. The predicted octanol–water partition coefficient (Wildman–Crippen LogP) is 2.49. The minimum atomic E-state index is -0.720. The molecule has 0 aliphatic rings. The number of rotatable bonds is 5. The van der Waals surface area contributed by atoms with Gasteiger partial charge in [0, 0.05) is 23.3 Å². The minimum absolute atomic E-state index is 0.0744. The third-order valence-corrected chi connectivity index (χ3v) is 3.84. The van der Waals surface area contributed by atoms with E-state index in [0.717, 1.165) is 0 Å². The van der Waals surface area contributed by atoms with Gasteiger partial charge in [-0.05, 0) is 25.1 Å². The van der Waals surface area contributed by atoms with Crippen molar-refractivity contribution in [2.24, 2.45) is 7.05 Å². The number of carbonyl (C=O) groups excluding carboxylic acids is 1. The summed E-state index contributed by atoms with van der Waals surface area (Å²) in [5.41, 5.74) is 0.283. The van der Waals surface area contributed by atoms with Crippen LogP contribution in [-0.2, 0) is 11.8 Å². The van der Waals surface area contributed by atoms with Crippen molar-refractivity contribution in [3.8, 4) is 0 Å². The van der Waals surface area contributed by atoms with Gasteiger partial charge in [0.15, 0.2) is 0 Å². The van der Waals surface area contributed by atoms with Crippen molar-refractivity contribution in [1.82, 2.24) is 4.57 Å². The molecular formula is C16H16BrFN2O4. The van der Waals surface area contributed by atoms with Crippen LogP contribution < -0.4 is 10.9 Å². The molecule has 0 aliphatic heterocycles.